The highest BCUT2D eigenvalue weighted by atomic mass is 127. The quantitative estimate of drug-likeness (QED) is 0.239. The molecule has 0 heterocycles. The number of halogens is 4. The first-order valence-corrected chi connectivity index (χ1v) is 9.52. The minimum atomic E-state index is -4.41. The van der Waals surface area contributed by atoms with E-state index in [-0.39, 0.29) is 42.9 Å². The van der Waals surface area contributed by atoms with E-state index in [1.54, 1.807) is 25.3 Å². The second kappa shape index (κ2) is 13.2. The number of rotatable bonds is 9. The molecular formula is C21H27F3IN3O4. The molecule has 1 unspecified atom stereocenters. The molecule has 0 aromatic heterocycles. The van der Waals surface area contributed by atoms with Crippen molar-refractivity contribution in [2.45, 2.75) is 19.2 Å². The number of hydrogen-bond donors (Lipinski definition) is 3. The molecule has 2 aromatic rings. The third-order valence-electron chi connectivity index (χ3n) is 4.07. The van der Waals surface area contributed by atoms with Crippen molar-refractivity contribution in [3.8, 4) is 17.2 Å². The molecule has 2 aromatic carbocycles. The second-order valence-electron chi connectivity index (χ2n) is 6.40. The van der Waals surface area contributed by atoms with E-state index in [2.05, 4.69) is 15.6 Å². The third-order valence-corrected chi connectivity index (χ3v) is 4.07. The van der Waals surface area contributed by atoms with Crippen LogP contribution in [0.5, 0.6) is 17.2 Å². The molecule has 32 heavy (non-hydrogen) atoms. The Kier molecular flexibility index (Phi) is 11.4. The van der Waals surface area contributed by atoms with Gasteiger partial charge in [-0.25, -0.2) is 0 Å². The summed E-state index contributed by atoms with van der Waals surface area (Å²) in [5, 5.41) is 16.3. The van der Waals surface area contributed by atoms with Crippen molar-refractivity contribution in [1.29, 1.82) is 0 Å². The van der Waals surface area contributed by atoms with Crippen molar-refractivity contribution in [1.82, 2.24) is 5.32 Å². The molecule has 0 saturated carbocycles. The highest BCUT2D eigenvalue weighted by Crippen LogP contribution is 2.30. The Labute approximate surface area is 202 Å². The number of aliphatic imine (C=N–C) groups is 1. The maximum Gasteiger partial charge on any atom is 0.416 e. The highest BCUT2D eigenvalue weighted by molar-refractivity contribution is 14.0. The number of anilines is 1. The number of nitrogens with one attached hydrogen (secondary N) is 2. The van der Waals surface area contributed by atoms with Gasteiger partial charge in [0.15, 0.2) is 17.5 Å². The number of nitrogens with zero attached hydrogens (tertiary/aromatic N) is 1. The molecule has 2 rings (SSSR count). The van der Waals surface area contributed by atoms with Crippen LogP contribution in [0, 0.1) is 0 Å². The fraction of sp³-hybridized carbons (Fsp3) is 0.381. The van der Waals surface area contributed by atoms with Crippen LogP contribution >= 0.6 is 24.0 Å². The van der Waals surface area contributed by atoms with Crippen molar-refractivity contribution < 1.29 is 32.5 Å². The van der Waals surface area contributed by atoms with Crippen molar-refractivity contribution in [3.05, 3.63) is 48.0 Å². The summed E-state index contributed by atoms with van der Waals surface area (Å²) < 4.78 is 53.6. The molecule has 0 spiro atoms. The zero-order valence-corrected chi connectivity index (χ0v) is 20.2. The van der Waals surface area contributed by atoms with Gasteiger partial charge in [-0.1, -0.05) is 0 Å². The predicted octanol–water partition coefficient (Wildman–Crippen LogP) is 4.16. The number of hydrogen-bond acceptors (Lipinski definition) is 5. The first-order valence-electron chi connectivity index (χ1n) is 9.52. The summed E-state index contributed by atoms with van der Waals surface area (Å²) in [6, 6.07) is 9.56. The summed E-state index contributed by atoms with van der Waals surface area (Å²) in [7, 11) is 3.08. The van der Waals surface area contributed by atoms with E-state index in [4.69, 9.17) is 14.2 Å². The predicted molar refractivity (Wildman–Crippen MR) is 128 cm³/mol. The van der Waals surface area contributed by atoms with E-state index in [1.165, 1.54) is 19.2 Å². The Morgan fingerprint density at radius 2 is 1.72 bits per heavy atom. The smallest absolute Gasteiger partial charge is 0.416 e. The average Bonchev–Trinajstić information content (AvgIpc) is 2.75. The number of aliphatic hydroxyl groups is 1. The summed E-state index contributed by atoms with van der Waals surface area (Å²) >= 11 is 0. The number of alkyl halides is 3. The zero-order valence-electron chi connectivity index (χ0n) is 17.9. The minimum absolute atomic E-state index is 0. The van der Waals surface area contributed by atoms with Crippen molar-refractivity contribution >= 4 is 35.6 Å². The summed E-state index contributed by atoms with van der Waals surface area (Å²) in [5.41, 5.74) is -0.0608. The van der Waals surface area contributed by atoms with Crippen LogP contribution in [0.2, 0.25) is 0 Å². The standard InChI is InChI=1S/C21H26F3N3O4.HI/c1-4-25-20(27-15-7-10-18(29-2)19(11-15)30-3)26-12-16(28)13-31-17-8-5-14(6-9-17)21(22,23)24;/h5-11,16,28H,4,12-13H2,1-3H3,(H2,25,26,27);1H. The summed E-state index contributed by atoms with van der Waals surface area (Å²) in [6.07, 6.45) is -5.36. The molecule has 11 heteroatoms. The topological polar surface area (TPSA) is 84.3 Å². The Morgan fingerprint density at radius 3 is 2.28 bits per heavy atom. The van der Waals surface area contributed by atoms with Crippen LogP contribution in [0.15, 0.2) is 47.5 Å². The monoisotopic (exact) mass is 569 g/mol. The lowest BCUT2D eigenvalue weighted by molar-refractivity contribution is -0.137. The van der Waals surface area contributed by atoms with E-state index in [0.29, 0.717) is 29.7 Å². The lowest BCUT2D eigenvalue weighted by Gasteiger charge is -2.15. The van der Waals surface area contributed by atoms with E-state index < -0.39 is 17.8 Å². The van der Waals surface area contributed by atoms with Crippen LogP contribution < -0.4 is 24.8 Å². The van der Waals surface area contributed by atoms with Gasteiger partial charge in [0.2, 0.25) is 0 Å². The van der Waals surface area contributed by atoms with E-state index in [0.717, 1.165) is 12.1 Å². The molecule has 1 atom stereocenters. The number of benzene rings is 2. The molecule has 0 bridgehead atoms. The van der Waals surface area contributed by atoms with Crippen molar-refractivity contribution in [3.63, 3.8) is 0 Å². The van der Waals surface area contributed by atoms with E-state index >= 15 is 0 Å². The van der Waals surface area contributed by atoms with Crippen LogP contribution in [0.1, 0.15) is 12.5 Å². The van der Waals surface area contributed by atoms with Gasteiger partial charge in [0.25, 0.3) is 0 Å². The first-order chi connectivity index (χ1) is 14.8. The van der Waals surface area contributed by atoms with Gasteiger partial charge in [0, 0.05) is 18.3 Å². The molecule has 0 fully saturated rings. The van der Waals surface area contributed by atoms with Gasteiger partial charge in [0.1, 0.15) is 18.5 Å². The highest BCUT2D eigenvalue weighted by Gasteiger charge is 2.30. The van der Waals surface area contributed by atoms with Gasteiger partial charge >= 0.3 is 6.18 Å². The molecule has 0 aliphatic rings. The van der Waals surface area contributed by atoms with Crippen LogP contribution in [0.4, 0.5) is 18.9 Å². The van der Waals surface area contributed by atoms with Crippen LogP contribution in [-0.2, 0) is 6.18 Å². The van der Waals surface area contributed by atoms with E-state index in [9.17, 15) is 18.3 Å². The maximum atomic E-state index is 12.6. The Hall–Kier alpha value is -2.41. The number of methoxy groups -OCH3 is 2. The summed E-state index contributed by atoms with van der Waals surface area (Å²) in [6.45, 7) is 2.39. The van der Waals surface area contributed by atoms with Crippen LogP contribution in [-0.4, -0.2) is 51.1 Å². The first kappa shape index (κ1) is 27.6. The molecule has 178 valence electrons. The molecule has 0 radical (unpaired) electrons. The summed E-state index contributed by atoms with van der Waals surface area (Å²) in [5.74, 6) is 1.80. The van der Waals surface area contributed by atoms with Gasteiger partial charge in [-0.3, -0.25) is 4.99 Å². The average molecular weight is 569 g/mol. The number of ether oxygens (including phenoxy) is 3. The lowest BCUT2D eigenvalue weighted by Crippen LogP contribution is -2.32. The molecule has 0 amide bonds. The number of aliphatic hydroxyl groups excluding tert-OH is 1. The normalized spacial score (nSPS) is 12.4. The Bertz CT molecular complexity index is 864. The Balaban J connectivity index is 0.00000512. The molecule has 0 aliphatic heterocycles. The van der Waals surface area contributed by atoms with Gasteiger partial charge in [-0.2, -0.15) is 13.2 Å². The SMILES string of the molecule is CCNC(=NCC(O)COc1ccc(C(F)(F)F)cc1)Nc1ccc(OC)c(OC)c1.I. The van der Waals surface area contributed by atoms with E-state index in [1.807, 2.05) is 6.92 Å². The van der Waals surface area contributed by atoms with Gasteiger partial charge in [-0.15, -0.1) is 24.0 Å². The third kappa shape index (κ3) is 8.61. The molecule has 3 N–H and O–H groups in total. The second-order valence-corrected chi connectivity index (χ2v) is 6.40. The summed E-state index contributed by atoms with van der Waals surface area (Å²) in [4.78, 5) is 4.31. The van der Waals surface area contributed by atoms with Crippen LogP contribution in [0.25, 0.3) is 0 Å². The van der Waals surface area contributed by atoms with Gasteiger partial charge in [-0.05, 0) is 43.3 Å². The fourth-order valence-electron chi connectivity index (χ4n) is 2.54. The van der Waals surface area contributed by atoms with Gasteiger partial charge in [0.05, 0.1) is 26.3 Å². The van der Waals surface area contributed by atoms with Crippen molar-refractivity contribution in [2.75, 3.05) is 39.2 Å². The maximum absolute atomic E-state index is 12.6. The van der Waals surface area contributed by atoms with Gasteiger partial charge < -0.3 is 30.0 Å². The minimum Gasteiger partial charge on any atom is -0.493 e. The van der Waals surface area contributed by atoms with Crippen LogP contribution in [0.3, 0.4) is 0 Å². The molecule has 7 nitrogen and oxygen atoms in total. The molecular weight excluding hydrogens is 542 g/mol. The lowest BCUT2D eigenvalue weighted by atomic mass is 10.2. The largest absolute Gasteiger partial charge is 0.493 e. The molecule has 0 saturated heterocycles. The van der Waals surface area contributed by atoms with Crippen molar-refractivity contribution in [2.24, 2.45) is 4.99 Å². The number of guanidine groups is 1. The zero-order chi connectivity index (χ0) is 22.9. The fourth-order valence-corrected chi connectivity index (χ4v) is 2.54. The molecule has 0 aliphatic carbocycles. The Morgan fingerprint density at radius 1 is 1.06 bits per heavy atom.